The van der Waals surface area contributed by atoms with Crippen LogP contribution in [0.1, 0.15) is 18.1 Å². The number of esters is 1. The fraction of sp³-hybridized carbons (Fsp3) is 0.280. The van der Waals surface area contributed by atoms with Crippen LogP contribution in [0.25, 0.3) is 6.08 Å². The number of benzene rings is 2. The van der Waals surface area contributed by atoms with Gasteiger partial charge in [-0.1, -0.05) is 36.4 Å². The zero-order valence-electron chi connectivity index (χ0n) is 18.7. The van der Waals surface area contributed by atoms with Crippen molar-refractivity contribution in [3.8, 4) is 11.5 Å². The van der Waals surface area contributed by atoms with Gasteiger partial charge in [-0.25, -0.2) is 4.79 Å². The van der Waals surface area contributed by atoms with Crippen LogP contribution < -0.4 is 9.47 Å². The Morgan fingerprint density at radius 2 is 1.78 bits per heavy atom. The Bertz CT molecular complexity index is 1040. The third kappa shape index (κ3) is 5.00. The van der Waals surface area contributed by atoms with E-state index in [0.29, 0.717) is 42.5 Å². The molecule has 0 saturated heterocycles. The molecular weight excluding hydrogens is 410 g/mol. The molecule has 0 aromatic heterocycles. The maximum atomic E-state index is 13.0. The molecule has 0 fully saturated rings. The van der Waals surface area contributed by atoms with Crippen molar-refractivity contribution in [3.63, 3.8) is 0 Å². The first-order valence-electron chi connectivity index (χ1n) is 10.2. The van der Waals surface area contributed by atoms with Crippen molar-refractivity contribution < 1.29 is 28.5 Å². The predicted molar refractivity (Wildman–Crippen MR) is 120 cm³/mol. The third-order valence-electron chi connectivity index (χ3n) is 5.16. The Hall–Kier alpha value is -3.58. The van der Waals surface area contributed by atoms with Gasteiger partial charge in [-0.15, -0.1) is 0 Å². The summed E-state index contributed by atoms with van der Waals surface area (Å²) in [6.45, 7) is 2.82. The van der Waals surface area contributed by atoms with E-state index < -0.39 is 5.97 Å². The summed E-state index contributed by atoms with van der Waals surface area (Å²) in [4.78, 5) is 27.0. The summed E-state index contributed by atoms with van der Waals surface area (Å²) < 4.78 is 21.4. The molecule has 0 N–H and O–H groups in total. The quantitative estimate of drug-likeness (QED) is 0.441. The number of hydrogen-bond donors (Lipinski definition) is 0. The van der Waals surface area contributed by atoms with E-state index in [4.69, 9.17) is 18.9 Å². The Labute approximate surface area is 187 Å². The van der Waals surface area contributed by atoms with Gasteiger partial charge < -0.3 is 23.8 Å². The van der Waals surface area contributed by atoms with Gasteiger partial charge in [0, 0.05) is 19.4 Å². The minimum absolute atomic E-state index is 0.247. The van der Waals surface area contributed by atoms with E-state index in [-0.39, 0.29) is 17.1 Å². The Balaban J connectivity index is 1.90. The second-order valence-electron chi connectivity index (χ2n) is 7.14. The molecule has 1 aliphatic rings. The monoisotopic (exact) mass is 437 g/mol. The van der Waals surface area contributed by atoms with Gasteiger partial charge in [0.2, 0.25) is 0 Å². The van der Waals surface area contributed by atoms with Crippen LogP contribution in [0.15, 0.2) is 65.4 Å². The highest BCUT2D eigenvalue weighted by molar-refractivity contribution is 6.16. The molecule has 1 aliphatic heterocycles. The first-order chi connectivity index (χ1) is 15.5. The molecular formula is C25H27NO6. The molecule has 7 heteroatoms. The number of allylic oxidation sites excluding steroid dienone is 1. The number of methoxy groups -OCH3 is 3. The lowest BCUT2D eigenvalue weighted by Gasteiger charge is -2.16. The summed E-state index contributed by atoms with van der Waals surface area (Å²) in [5.74, 6) is 0.273. The lowest BCUT2D eigenvalue weighted by molar-refractivity contribution is -0.136. The van der Waals surface area contributed by atoms with Crippen LogP contribution in [-0.2, 0) is 25.7 Å². The van der Waals surface area contributed by atoms with E-state index in [1.165, 1.54) is 12.0 Å². The van der Waals surface area contributed by atoms with Crippen LogP contribution in [0.3, 0.4) is 0 Å². The Morgan fingerprint density at radius 1 is 1.03 bits per heavy atom. The molecule has 1 amide bonds. The fourth-order valence-electron chi connectivity index (χ4n) is 3.48. The van der Waals surface area contributed by atoms with Crippen molar-refractivity contribution >= 4 is 18.0 Å². The number of amides is 1. The standard InChI is InChI=1S/C25H27NO6/c1-17-23(25(28)31-4)20(24(27)26(17)12-13-29-2)14-19-10-11-21(22(15-19)30-3)32-16-18-8-6-5-7-9-18/h5-11,14-15H,12-13,16H2,1-4H3/b20-14-. The van der Waals surface area contributed by atoms with E-state index in [2.05, 4.69) is 0 Å². The molecule has 3 rings (SSSR count). The summed E-state index contributed by atoms with van der Waals surface area (Å²) in [7, 11) is 4.41. The summed E-state index contributed by atoms with van der Waals surface area (Å²) in [5, 5.41) is 0. The summed E-state index contributed by atoms with van der Waals surface area (Å²) in [5.41, 5.74) is 2.79. The highest BCUT2D eigenvalue weighted by Crippen LogP contribution is 2.34. The van der Waals surface area contributed by atoms with Crippen LogP contribution in [0, 0.1) is 0 Å². The topological polar surface area (TPSA) is 74.3 Å². The molecule has 0 radical (unpaired) electrons. The second kappa shape index (κ2) is 10.6. The van der Waals surface area contributed by atoms with E-state index in [0.717, 1.165) is 5.56 Å². The van der Waals surface area contributed by atoms with E-state index in [1.54, 1.807) is 39.4 Å². The average molecular weight is 437 g/mol. The van der Waals surface area contributed by atoms with Crippen LogP contribution in [-0.4, -0.2) is 51.3 Å². The zero-order chi connectivity index (χ0) is 23.1. The average Bonchev–Trinajstić information content (AvgIpc) is 3.05. The number of nitrogens with zero attached hydrogens (tertiary/aromatic N) is 1. The summed E-state index contributed by atoms with van der Waals surface area (Å²) in [6.07, 6.45) is 1.66. The van der Waals surface area contributed by atoms with Crippen LogP contribution >= 0.6 is 0 Å². The van der Waals surface area contributed by atoms with Crippen molar-refractivity contribution in [2.45, 2.75) is 13.5 Å². The van der Waals surface area contributed by atoms with Gasteiger partial charge >= 0.3 is 5.97 Å². The highest BCUT2D eigenvalue weighted by Gasteiger charge is 2.36. The largest absolute Gasteiger partial charge is 0.493 e. The van der Waals surface area contributed by atoms with Gasteiger partial charge in [0.15, 0.2) is 11.5 Å². The van der Waals surface area contributed by atoms with Gasteiger partial charge in [-0.2, -0.15) is 0 Å². The minimum atomic E-state index is -0.559. The van der Waals surface area contributed by atoms with Crippen molar-refractivity contribution in [1.29, 1.82) is 0 Å². The smallest absolute Gasteiger partial charge is 0.340 e. The van der Waals surface area contributed by atoms with Crippen LogP contribution in [0.2, 0.25) is 0 Å². The van der Waals surface area contributed by atoms with E-state index in [9.17, 15) is 9.59 Å². The van der Waals surface area contributed by atoms with Crippen molar-refractivity contribution in [1.82, 2.24) is 4.90 Å². The van der Waals surface area contributed by atoms with Gasteiger partial charge in [0.05, 0.1) is 32.0 Å². The second-order valence-corrected chi connectivity index (χ2v) is 7.14. The lowest BCUT2D eigenvalue weighted by Crippen LogP contribution is -2.28. The summed E-state index contributed by atoms with van der Waals surface area (Å²) >= 11 is 0. The minimum Gasteiger partial charge on any atom is -0.493 e. The van der Waals surface area contributed by atoms with Gasteiger partial charge in [0.25, 0.3) is 5.91 Å². The molecule has 0 atom stereocenters. The number of ether oxygens (including phenoxy) is 4. The van der Waals surface area contributed by atoms with Crippen molar-refractivity contribution in [3.05, 3.63) is 76.5 Å². The number of carbonyl (C=O) groups excluding carboxylic acids is 2. The SMILES string of the molecule is COCCN1C(=O)/C(=C\c2ccc(OCc3ccccc3)c(OC)c2)C(C(=O)OC)=C1C. The van der Waals surface area contributed by atoms with Gasteiger partial charge in [-0.3, -0.25) is 4.79 Å². The molecule has 7 nitrogen and oxygen atoms in total. The third-order valence-corrected chi connectivity index (χ3v) is 5.16. The zero-order valence-corrected chi connectivity index (χ0v) is 18.7. The first kappa shape index (κ1) is 23.1. The van der Waals surface area contributed by atoms with Gasteiger partial charge in [-0.05, 0) is 36.3 Å². The molecule has 0 aliphatic carbocycles. The van der Waals surface area contributed by atoms with Crippen molar-refractivity contribution in [2.24, 2.45) is 0 Å². The predicted octanol–water partition coefficient (Wildman–Crippen LogP) is 3.59. The molecule has 0 bridgehead atoms. The number of hydrogen-bond acceptors (Lipinski definition) is 6. The molecule has 2 aromatic carbocycles. The highest BCUT2D eigenvalue weighted by atomic mass is 16.5. The Kier molecular flexibility index (Phi) is 7.68. The lowest BCUT2D eigenvalue weighted by atomic mass is 10.0. The van der Waals surface area contributed by atoms with Crippen molar-refractivity contribution in [2.75, 3.05) is 34.5 Å². The molecule has 32 heavy (non-hydrogen) atoms. The molecule has 0 spiro atoms. The van der Waals surface area contributed by atoms with Crippen LogP contribution in [0.4, 0.5) is 0 Å². The van der Waals surface area contributed by atoms with Gasteiger partial charge in [0.1, 0.15) is 6.61 Å². The molecule has 168 valence electrons. The fourth-order valence-corrected chi connectivity index (χ4v) is 3.48. The maximum absolute atomic E-state index is 13.0. The molecule has 2 aromatic rings. The maximum Gasteiger partial charge on any atom is 0.340 e. The molecule has 0 saturated carbocycles. The first-order valence-corrected chi connectivity index (χ1v) is 10.2. The number of rotatable bonds is 9. The Morgan fingerprint density at radius 3 is 2.44 bits per heavy atom. The van der Waals surface area contributed by atoms with Crippen LogP contribution in [0.5, 0.6) is 11.5 Å². The number of carbonyl (C=O) groups is 2. The molecule has 1 heterocycles. The normalized spacial score (nSPS) is 14.8. The van der Waals surface area contributed by atoms with E-state index >= 15 is 0 Å². The molecule has 0 unspecified atom stereocenters. The van der Waals surface area contributed by atoms with E-state index in [1.807, 2.05) is 36.4 Å². The summed E-state index contributed by atoms with van der Waals surface area (Å²) in [6, 6.07) is 15.2.